The molecule has 0 heterocycles. The van der Waals surface area contributed by atoms with Gasteiger partial charge in [0.25, 0.3) is 0 Å². The minimum absolute atomic E-state index is 0.0677. The Morgan fingerprint density at radius 2 is 1.92 bits per heavy atom. The molecule has 1 aromatic rings. The average Bonchev–Trinajstić information content (AvgIpc) is 2.54. The summed E-state index contributed by atoms with van der Waals surface area (Å²) < 4.78 is 23.7. The van der Waals surface area contributed by atoms with Gasteiger partial charge in [-0.3, -0.25) is 9.59 Å². The molecule has 0 aliphatic heterocycles. The molecule has 6 nitrogen and oxygen atoms in total. The molecule has 0 aromatic heterocycles. The summed E-state index contributed by atoms with van der Waals surface area (Å²) in [4.78, 5) is 25.1. The van der Waals surface area contributed by atoms with E-state index in [4.69, 9.17) is 0 Å². The fourth-order valence-corrected chi connectivity index (χ4v) is 2.90. The summed E-state index contributed by atoms with van der Waals surface area (Å²) in [5.74, 6) is -0.637. The van der Waals surface area contributed by atoms with Crippen LogP contribution in [0.4, 0.5) is 5.69 Å². The highest BCUT2D eigenvalue weighted by Gasteiger charge is 2.19. The third-order valence-electron chi connectivity index (χ3n) is 3.66. The number of para-hydroxylation sites is 1. The van der Waals surface area contributed by atoms with E-state index in [0.717, 1.165) is 6.08 Å². The predicted octanol–water partition coefficient (Wildman–Crippen LogP) is 1.64. The first kappa shape index (κ1) is 19.9. The number of sulfone groups is 1. The van der Waals surface area contributed by atoms with Crippen LogP contribution in [0.5, 0.6) is 0 Å². The van der Waals surface area contributed by atoms with Crippen LogP contribution in [-0.4, -0.2) is 49.7 Å². The van der Waals surface area contributed by atoms with Gasteiger partial charge in [-0.05, 0) is 31.6 Å². The van der Waals surface area contributed by atoms with Crippen LogP contribution in [0.2, 0.25) is 0 Å². The second-order valence-electron chi connectivity index (χ2n) is 5.76. The zero-order valence-electron chi connectivity index (χ0n) is 14.3. The normalized spacial score (nSPS) is 11.2. The van der Waals surface area contributed by atoms with Gasteiger partial charge in [-0.15, -0.1) is 0 Å². The highest BCUT2D eigenvalue weighted by Crippen LogP contribution is 2.16. The van der Waals surface area contributed by atoms with E-state index in [0.29, 0.717) is 11.3 Å². The SMILES string of the molecule is C=CC(=O)Nc1ccccc1CC(=O)N(C)CCS(=O)(=O)C(C)C. The lowest BCUT2D eigenvalue weighted by atomic mass is 10.1. The summed E-state index contributed by atoms with van der Waals surface area (Å²) in [7, 11) is -1.62. The fourth-order valence-electron chi connectivity index (χ4n) is 1.90. The number of likely N-dealkylation sites (N-methyl/N-ethyl adjacent to an activating group) is 1. The molecule has 0 bridgehead atoms. The van der Waals surface area contributed by atoms with E-state index in [1.165, 1.54) is 4.90 Å². The van der Waals surface area contributed by atoms with Gasteiger partial charge in [-0.2, -0.15) is 0 Å². The molecule has 0 saturated carbocycles. The Kier molecular flexibility index (Phi) is 7.16. The van der Waals surface area contributed by atoms with E-state index in [-0.39, 0.29) is 30.5 Å². The van der Waals surface area contributed by atoms with Crippen LogP contribution in [-0.2, 0) is 25.8 Å². The number of benzene rings is 1. The number of hydrogen-bond acceptors (Lipinski definition) is 4. The van der Waals surface area contributed by atoms with Crippen molar-refractivity contribution in [3.05, 3.63) is 42.5 Å². The van der Waals surface area contributed by atoms with E-state index >= 15 is 0 Å². The van der Waals surface area contributed by atoms with Crippen molar-refractivity contribution in [3.8, 4) is 0 Å². The number of nitrogens with one attached hydrogen (secondary N) is 1. The van der Waals surface area contributed by atoms with Crippen molar-refractivity contribution in [2.45, 2.75) is 25.5 Å². The summed E-state index contributed by atoms with van der Waals surface area (Å²) in [6.07, 6.45) is 1.23. The molecule has 0 aliphatic rings. The maximum absolute atomic E-state index is 12.3. The largest absolute Gasteiger partial charge is 0.344 e. The molecule has 0 atom stereocenters. The highest BCUT2D eigenvalue weighted by molar-refractivity contribution is 7.92. The molecule has 1 rings (SSSR count). The highest BCUT2D eigenvalue weighted by atomic mass is 32.2. The molecule has 0 saturated heterocycles. The average molecular weight is 352 g/mol. The molecule has 24 heavy (non-hydrogen) atoms. The van der Waals surface area contributed by atoms with Crippen molar-refractivity contribution in [1.82, 2.24) is 4.90 Å². The van der Waals surface area contributed by atoms with E-state index in [1.807, 2.05) is 0 Å². The Balaban J connectivity index is 2.74. The Hall–Kier alpha value is -2.15. The Morgan fingerprint density at radius 3 is 2.50 bits per heavy atom. The summed E-state index contributed by atoms with van der Waals surface area (Å²) in [5, 5.41) is 2.19. The molecule has 0 fully saturated rings. The van der Waals surface area contributed by atoms with Gasteiger partial charge in [-0.1, -0.05) is 24.8 Å². The third-order valence-corrected chi connectivity index (χ3v) is 5.85. The van der Waals surface area contributed by atoms with Crippen LogP contribution in [0, 0.1) is 0 Å². The number of carbonyl (C=O) groups is 2. The number of hydrogen-bond donors (Lipinski definition) is 1. The molecule has 0 radical (unpaired) electrons. The maximum Gasteiger partial charge on any atom is 0.247 e. The zero-order chi connectivity index (χ0) is 18.3. The maximum atomic E-state index is 12.3. The predicted molar refractivity (Wildman–Crippen MR) is 95.5 cm³/mol. The lowest BCUT2D eigenvalue weighted by Crippen LogP contribution is -2.34. The topological polar surface area (TPSA) is 83.6 Å². The Bertz CT molecular complexity index is 711. The van der Waals surface area contributed by atoms with Crippen LogP contribution in [0.25, 0.3) is 0 Å². The monoisotopic (exact) mass is 352 g/mol. The molecular weight excluding hydrogens is 328 g/mol. The van der Waals surface area contributed by atoms with E-state index in [1.54, 1.807) is 45.2 Å². The molecule has 0 unspecified atom stereocenters. The summed E-state index contributed by atoms with van der Waals surface area (Å²) >= 11 is 0. The van der Waals surface area contributed by atoms with Crippen molar-refractivity contribution in [3.63, 3.8) is 0 Å². The van der Waals surface area contributed by atoms with Gasteiger partial charge >= 0.3 is 0 Å². The molecule has 0 spiro atoms. The van der Waals surface area contributed by atoms with Crippen LogP contribution >= 0.6 is 0 Å². The summed E-state index contributed by atoms with van der Waals surface area (Å²) in [6.45, 7) is 6.77. The van der Waals surface area contributed by atoms with E-state index in [2.05, 4.69) is 11.9 Å². The van der Waals surface area contributed by atoms with Gasteiger partial charge in [-0.25, -0.2) is 8.42 Å². The van der Waals surface area contributed by atoms with Crippen molar-refractivity contribution in [2.75, 3.05) is 24.7 Å². The Labute approximate surface area is 143 Å². The smallest absolute Gasteiger partial charge is 0.247 e. The van der Waals surface area contributed by atoms with Gasteiger partial charge in [0.15, 0.2) is 9.84 Å². The molecule has 132 valence electrons. The quantitative estimate of drug-likeness (QED) is 0.721. The molecule has 7 heteroatoms. The van der Waals surface area contributed by atoms with Gasteiger partial charge in [0.1, 0.15) is 0 Å². The molecular formula is C17H24N2O4S. The third kappa shape index (κ3) is 5.81. The van der Waals surface area contributed by atoms with Crippen LogP contribution in [0.15, 0.2) is 36.9 Å². The van der Waals surface area contributed by atoms with Gasteiger partial charge in [0, 0.05) is 19.3 Å². The van der Waals surface area contributed by atoms with Gasteiger partial charge in [0.05, 0.1) is 17.4 Å². The molecule has 2 amide bonds. The minimum atomic E-state index is -3.19. The van der Waals surface area contributed by atoms with Crippen LogP contribution < -0.4 is 5.32 Å². The van der Waals surface area contributed by atoms with Crippen molar-refractivity contribution < 1.29 is 18.0 Å². The molecule has 1 N–H and O–H groups in total. The van der Waals surface area contributed by atoms with E-state index in [9.17, 15) is 18.0 Å². The first-order valence-electron chi connectivity index (χ1n) is 7.64. The summed E-state index contributed by atoms with van der Waals surface area (Å²) in [5.41, 5.74) is 1.20. The van der Waals surface area contributed by atoms with Crippen molar-refractivity contribution >= 4 is 27.3 Å². The second kappa shape index (κ2) is 8.63. The summed E-state index contributed by atoms with van der Waals surface area (Å²) in [6, 6.07) is 6.98. The van der Waals surface area contributed by atoms with Crippen molar-refractivity contribution in [1.29, 1.82) is 0 Å². The van der Waals surface area contributed by atoms with Gasteiger partial charge < -0.3 is 10.2 Å². The lowest BCUT2D eigenvalue weighted by molar-refractivity contribution is -0.128. The number of carbonyl (C=O) groups excluding carboxylic acids is 2. The Morgan fingerprint density at radius 1 is 1.29 bits per heavy atom. The number of nitrogens with zero attached hydrogens (tertiary/aromatic N) is 1. The number of amides is 2. The first-order chi connectivity index (χ1) is 11.2. The van der Waals surface area contributed by atoms with Crippen molar-refractivity contribution in [2.24, 2.45) is 0 Å². The molecule has 0 aliphatic carbocycles. The van der Waals surface area contributed by atoms with Crippen LogP contribution in [0.1, 0.15) is 19.4 Å². The number of anilines is 1. The van der Waals surface area contributed by atoms with Crippen LogP contribution in [0.3, 0.4) is 0 Å². The lowest BCUT2D eigenvalue weighted by Gasteiger charge is -2.19. The molecule has 1 aromatic carbocycles. The second-order valence-corrected chi connectivity index (χ2v) is 8.44. The fraction of sp³-hybridized carbons (Fsp3) is 0.412. The standard InChI is InChI=1S/C17H24N2O4S/c1-5-16(20)18-15-9-7-6-8-14(15)12-17(21)19(4)10-11-24(22,23)13(2)3/h5-9,13H,1,10-12H2,2-4H3,(H,18,20). The first-order valence-corrected chi connectivity index (χ1v) is 9.35. The van der Waals surface area contributed by atoms with Gasteiger partial charge in [0.2, 0.25) is 11.8 Å². The van der Waals surface area contributed by atoms with E-state index < -0.39 is 15.1 Å². The zero-order valence-corrected chi connectivity index (χ0v) is 15.1. The minimum Gasteiger partial charge on any atom is -0.344 e. The number of rotatable bonds is 8.